The van der Waals surface area contributed by atoms with E-state index in [0.717, 1.165) is 0 Å². The van der Waals surface area contributed by atoms with E-state index < -0.39 is 0 Å². The maximum Gasteiger partial charge on any atom is 0.309 e. The summed E-state index contributed by atoms with van der Waals surface area (Å²) in [5.41, 5.74) is 6.53. The van der Waals surface area contributed by atoms with Crippen LogP contribution in [0.2, 0.25) is 0 Å². The maximum absolute atomic E-state index is 12.5. The molecule has 1 heterocycles. The van der Waals surface area contributed by atoms with Gasteiger partial charge in [-0.25, -0.2) is 0 Å². The minimum Gasteiger partial charge on any atom is -0.466 e. The topological polar surface area (TPSA) is 102 Å². The van der Waals surface area contributed by atoms with E-state index >= 15 is 0 Å². The molecule has 2 rings (SSSR count). The van der Waals surface area contributed by atoms with Crippen LogP contribution >= 0.6 is 0 Å². The van der Waals surface area contributed by atoms with Crippen molar-refractivity contribution in [3.05, 3.63) is 29.8 Å². The van der Waals surface area contributed by atoms with Crippen LogP contribution in [0, 0.1) is 5.92 Å². The average Bonchev–Trinajstić information content (AvgIpc) is 2.62. The molecule has 0 saturated carbocycles. The van der Waals surface area contributed by atoms with Crippen molar-refractivity contribution in [2.24, 2.45) is 11.7 Å². The van der Waals surface area contributed by atoms with Gasteiger partial charge >= 0.3 is 5.97 Å². The molecule has 7 heteroatoms. The predicted octanol–water partition coefficient (Wildman–Crippen LogP) is 1.39. The number of amides is 2. The predicted molar refractivity (Wildman–Crippen MR) is 94.0 cm³/mol. The van der Waals surface area contributed by atoms with E-state index in [4.69, 9.17) is 10.5 Å². The summed E-state index contributed by atoms with van der Waals surface area (Å²) in [5.74, 6) is -0.513. The van der Waals surface area contributed by atoms with E-state index in [1.165, 1.54) is 0 Å². The van der Waals surface area contributed by atoms with Crippen LogP contribution in [0.15, 0.2) is 24.3 Å². The van der Waals surface area contributed by atoms with Crippen LogP contribution in [0.1, 0.15) is 36.5 Å². The smallest absolute Gasteiger partial charge is 0.309 e. The Hall–Kier alpha value is -2.41. The van der Waals surface area contributed by atoms with Crippen LogP contribution < -0.4 is 11.1 Å². The van der Waals surface area contributed by atoms with E-state index in [-0.39, 0.29) is 30.1 Å². The summed E-state index contributed by atoms with van der Waals surface area (Å²) in [6.07, 6.45) is 1.51. The number of benzene rings is 1. The lowest BCUT2D eigenvalue weighted by molar-refractivity contribution is -0.149. The molecule has 3 N–H and O–H groups in total. The third-order valence-electron chi connectivity index (χ3n) is 4.19. The fourth-order valence-electron chi connectivity index (χ4n) is 2.81. The zero-order valence-corrected chi connectivity index (χ0v) is 14.5. The number of piperidine rings is 1. The van der Waals surface area contributed by atoms with Crippen molar-refractivity contribution in [2.45, 2.75) is 26.2 Å². The van der Waals surface area contributed by atoms with Crippen LogP contribution in [0.3, 0.4) is 0 Å². The molecule has 0 aliphatic carbocycles. The molecule has 25 heavy (non-hydrogen) atoms. The van der Waals surface area contributed by atoms with Crippen LogP contribution in [0.4, 0.5) is 5.69 Å². The van der Waals surface area contributed by atoms with Crippen molar-refractivity contribution in [2.75, 3.05) is 31.6 Å². The van der Waals surface area contributed by atoms with Crippen LogP contribution in [0.5, 0.6) is 0 Å². The number of nitrogens with zero attached hydrogens (tertiary/aromatic N) is 1. The molecular formula is C18H25N3O4. The molecule has 1 aliphatic rings. The molecule has 1 aliphatic heterocycles. The van der Waals surface area contributed by atoms with Gasteiger partial charge in [0.25, 0.3) is 5.91 Å². The SMILES string of the molecule is CCOC(=O)C1CCN(C(=O)c2ccc(NC(=O)CCN)cc2)CC1. The fourth-order valence-corrected chi connectivity index (χ4v) is 2.81. The molecule has 1 fully saturated rings. The minimum absolute atomic E-state index is 0.0675. The summed E-state index contributed by atoms with van der Waals surface area (Å²) >= 11 is 0. The molecule has 0 unspecified atom stereocenters. The van der Waals surface area contributed by atoms with Crippen molar-refractivity contribution >= 4 is 23.5 Å². The molecule has 1 aromatic rings. The molecule has 0 radical (unpaired) electrons. The summed E-state index contributed by atoms with van der Waals surface area (Å²) in [4.78, 5) is 37.5. The number of anilines is 1. The molecule has 2 amide bonds. The van der Waals surface area contributed by atoms with E-state index in [0.29, 0.717) is 50.3 Å². The van der Waals surface area contributed by atoms with E-state index in [9.17, 15) is 14.4 Å². The molecule has 0 spiro atoms. The van der Waals surface area contributed by atoms with Gasteiger partial charge < -0.3 is 20.7 Å². The van der Waals surface area contributed by atoms with Gasteiger partial charge in [0.05, 0.1) is 12.5 Å². The number of nitrogens with one attached hydrogen (secondary N) is 1. The van der Waals surface area contributed by atoms with Gasteiger partial charge in [0, 0.05) is 37.3 Å². The number of ether oxygens (including phenoxy) is 1. The largest absolute Gasteiger partial charge is 0.466 e. The minimum atomic E-state index is -0.174. The zero-order valence-electron chi connectivity index (χ0n) is 14.5. The number of hydrogen-bond acceptors (Lipinski definition) is 5. The molecule has 136 valence electrons. The highest BCUT2D eigenvalue weighted by Crippen LogP contribution is 2.21. The lowest BCUT2D eigenvalue weighted by Gasteiger charge is -2.31. The Morgan fingerprint density at radius 3 is 2.40 bits per heavy atom. The van der Waals surface area contributed by atoms with Gasteiger partial charge in [0.1, 0.15) is 0 Å². The molecular weight excluding hydrogens is 322 g/mol. The molecule has 1 saturated heterocycles. The monoisotopic (exact) mass is 347 g/mol. The quantitative estimate of drug-likeness (QED) is 0.757. The van der Waals surface area contributed by atoms with Crippen LogP contribution in [0.25, 0.3) is 0 Å². The first-order valence-electron chi connectivity index (χ1n) is 8.61. The Kier molecular flexibility index (Phi) is 6.94. The van der Waals surface area contributed by atoms with Crippen LogP contribution in [-0.2, 0) is 14.3 Å². The van der Waals surface area contributed by atoms with Gasteiger partial charge in [-0.05, 0) is 44.0 Å². The summed E-state index contributed by atoms with van der Waals surface area (Å²) in [6, 6.07) is 6.79. The maximum atomic E-state index is 12.5. The summed E-state index contributed by atoms with van der Waals surface area (Å²) in [5, 5.41) is 2.72. The van der Waals surface area contributed by atoms with Gasteiger partial charge in [-0.2, -0.15) is 0 Å². The highest BCUT2D eigenvalue weighted by atomic mass is 16.5. The first kappa shape index (κ1) is 18.9. The summed E-state index contributed by atoms with van der Waals surface area (Å²) in [6.45, 7) is 3.55. The van der Waals surface area contributed by atoms with Gasteiger partial charge in [-0.3, -0.25) is 14.4 Å². The molecule has 0 bridgehead atoms. The van der Waals surface area contributed by atoms with Crippen molar-refractivity contribution in [3.8, 4) is 0 Å². The van der Waals surface area contributed by atoms with Gasteiger partial charge in [0.2, 0.25) is 5.91 Å². The molecule has 7 nitrogen and oxygen atoms in total. The first-order chi connectivity index (χ1) is 12.0. The number of nitrogens with two attached hydrogens (primary N) is 1. The van der Waals surface area contributed by atoms with Gasteiger partial charge in [0.15, 0.2) is 0 Å². The van der Waals surface area contributed by atoms with E-state index in [1.807, 2.05) is 0 Å². The van der Waals surface area contributed by atoms with E-state index in [1.54, 1.807) is 36.1 Å². The van der Waals surface area contributed by atoms with Crippen molar-refractivity contribution in [3.63, 3.8) is 0 Å². The standard InChI is InChI=1S/C18H25N3O4/c1-2-25-18(24)14-8-11-21(12-9-14)17(23)13-3-5-15(6-4-13)20-16(22)7-10-19/h3-6,14H,2,7-12,19H2,1H3,(H,20,22). The number of rotatable bonds is 6. The van der Waals surface area contributed by atoms with Gasteiger partial charge in [-0.15, -0.1) is 0 Å². The Bertz CT molecular complexity index is 607. The second-order valence-corrected chi connectivity index (χ2v) is 5.98. The normalized spacial score (nSPS) is 14.9. The second kappa shape index (κ2) is 9.17. The first-order valence-corrected chi connectivity index (χ1v) is 8.61. The van der Waals surface area contributed by atoms with Crippen molar-refractivity contribution in [1.29, 1.82) is 0 Å². The third kappa shape index (κ3) is 5.29. The number of hydrogen-bond donors (Lipinski definition) is 2. The summed E-state index contributed by atoms with van der Waals surface area (Å²) < 4.78 is 5.04. The number of carbonyl (C=O) groups excluding carboxylic acids is 3. The number of likely N-dealkylation sites (tertiary alicyclic amines) is 1. The molecule has 0 aromatic heterocycles. The fraction of sp³-hybridized carbons (Fsp3) is 0.500. The molecule has 1 aromatic carbocycles. The Morgan fingerprint density at radius 2 is 1.84 bits per heavy atom. The van der Waals surface area contributed by atoms with Crippen LogP contribution in [-0.4, -0.2) is 48.9 Å². The molecule has 0 atom stereocenters. The highest BCUT2D eigenvalue weighted by molar-refractivity contribution is 5.96. The van der Waals surface area contributed by atoms with E-state index in [2.05, 4.69) is 5.32 Å². The Labute approximate surface area is 147 Å². The number of carbonyl (C=O) groups is 3. The third-order valence-corrected chi connectivity index (χ3v) is 4.19. The zero-order chi connectivity index (χ0) is 18.2. The van der Waals surface area contributed by atoms with Crippen molar-refractivity contribution in [1.82, 2.24) is 4.90 Å². The lowest BCUT2D eigenvalue weighted by atomic mass is 9.96. The highest BCUT2D eigenvalue weighted by Gasteiger charge is 2.28. The lowest BCUT2D eigenvalue weighted by Crippen LogP contribution is -2.40. The second-order valence-electron chi connectivity index (χ2n) is 5.98. The Morgan fingerprint density at radius 1 is 1.20 bits per heavy atom. The van der Waals surface area contributed by atoms with Crippen molar-refractivity contribution < 1.29 is 19.1 Å². The van der Waals surface area contributed by atoms with Gasteiger partial charge in [-0.1, -0.05) is 0 Å². The average molecular weight is 347 g/mol. The summed E-state index contributed by atoms with van der Waals surface area (Å²) in [7, 11) is 0. The number of esters is 1. The Balaban J connectivity index is 1.89.